The first-order valence-electron chi connectivity index (χ1n) is 7.75. The van der Waals surface area contributed by atoms with Gasteiger partial charge in [-0.25, -0.2) is 0 Å². The lowest BCUT2D eigenvalue weighted by Crippen LogP contribution is -2.36. The molecule has 0 heterocycles. The standard InChI is InChI=1S/C19H18F2N2O2/c1-13(2)23(12-15-8-6-14(11-22)7-9-15)18(24)16-4-3-5-17(10-16)25-19(20)21/h3-10,13,19H,12H2,1-2H3. The van der Waals surface area contributed by atoms with E-state index in [0.717, 1.165) is 5.56 Å². The van der Waals surface area contributed by atoms with Gasteiger partial charge in [0.1, 0.15) is 5.75 Å². The Balaban J connectivity index is 2.21. The second kappa shape index (κ2) is 8.25. The SMILES string of the molecule is CC(C)N(Cc1ccc(C#N)cc1)C(=O)c1cccc(OC(F)F)c1. The van der Waals surface area contributed by atoms with Gasteiger partial charge in [0, 0.05) is 18.2 Å². The number of amides is 1. The molecule has 2 aromatic carbocycles. The van der Waals surface area contributed by atoms with Crippen LogP contribution in [0.1, 0.15) is 35.3 Å². The second-order valence-electron chi connectivity index (χ2n) is 5.74. The lowest BCUT2D eigenvalue weighted by Gasteiger charge is -2.27. The Morgan fingerprint density at radius 1 is 1.20 bits per heavy atom. The first-order chi connectivity index (χ1) is 11.9. The summed E-state index contributed by atoms with van der Waals surface area (Å²) in [6.45, 7) is 1.16. The maximum Gasteiger partial charge on any atom is 0.387 e. The first-order valence-corrected chi connectivity index (χ1v) is 7.75. The highest BCUT2D eigenvalue weighted by atomic mass is 19.3. The molecule has 0 spiro atoms. The zero-order valence-corrected chi connectivity index (χ0v) is 13.9. The van der Waals surface area contributed by atoms with Crippen LogP contribution in [0, 0.1) is 11.3 Å². The van der Waals surface area contributed by atoms with Gasteiger partial charge in [-0.2, -0.15) is 14.0 Å². The van der Waals surface area contributed by atoms with Gasteiger partial charge in [-0.15, -0.1) is 0 Å². The number of nitriles is 1. The van der Waals surface area contributed by atoms with Gasteiger partial charge < -0.3 is 9.64 Å². The van der Waals surface area contributed by atoms with Crippen LogP contribution in [0.3, 0.4) is 0 Å². The summed E-state index contributed by atoms with van der Waals surface area (Å²) >= 11 is 0. The maximum atomic E-state index is 12.8. The Hall–Kier alpha value is -2.94. The molecule has 0 saturated carbocycles. The molecule has 4 nitrogen and oxygen atoms in total. The molecule has 0 radical (unpaired) electrons. The fourth-order valence-corrected chi connectivity index (χ4v) is 2.34. The molecule has 0 unspecified atom stereocenters. The van der Waals surface area contributed by atoms with Crippen molar-refractivity contribution in [3.05, 3.63) is 65.2 Å². The Morgan fingerprint density at radius 2 is 1.88 bits per heavy atom. The summed E-state index contributed by atoms with van der Waals surface area (Å²) in [5, 5.41) is 8.84. The fourth-order valence-electron chi connectivity index (χ4n) is 2.34. The molecule has 25 heavy (non-hydrogen) atoms. The highest BCUT2D eigenvalue weighted by Gasteiger charge is 2.20. The number of benzene rings is 2. The molecule has 0 aliphatic carbocycles. The molecule has 0 N–H and O–H groups in total. The van der Waals surface area contributed by atoms with Crippen molar-refractivity contribution in [2.45, 2.75) is 33.0 Å². The van der Waals surface area contributed by atoms with E-state index in [1.54, 1.807) is 35.2 Å². The Bertz CT molecular complexity index is 768. The lowest BCUT2D eigenvalue weighted by molar-refractivity contribution is -0.0499. The Labute approximate surface area is 145 Å². The molecule has 0 saturated heterocycles. The van der Waals surface area contributed by atoms with Crippen LogP contribution in [0.4, 0.5) is 8.78 Å². The summed E-state index contributed by atoms with van der Waals surface area (Å²) in [7, 11) is 0. The molecule has 0 atom stereocenters. The maximum absolute atomic E-state index is 12.8. The van der Waals surface area contributed by atoms with E-state index in [-0.39, 0.29) is 23.3 Å². The quantitative estimate of drug-likeness (QED) is 0.789. The Kier molecular flexibility index (Phi) is 6.07. The zero-order valence-electron chi connectivity index (χ0n) is 13.9. The van der Waals surface area contributed by atoms with Crippen LogP contribution in [-0.2, 0) is 6.54 Å². The normalized spacial score (nSPS) is 10.6. The number of hydrogen-bond donors (Lipinski definition) is 0. The number of halogens is 2. The molecule has 1 amide bonds. The highest BCUT2D eigenvalue weighted by molar-refractivity contribution is 5.94. The van der Waals surface area contributed by atoms with Gasteiger partial charge in [0.2, 0.25) is 0 Å². The molecular weight excluding hydrogens is 326 g/mol. The van der Waals surface area contributed by atoms with Gasteiger partial charge in [-0.1, -0.05) is 18.2 Å². The van der Waals surface area contributed by atoms with Crippen molar-refractivity contribution in [2.75, 3.05) is 0 Å². The summed E-state index contributed by atoms with van der Waals surface area (Å²) in [6, 6.07) is 14.7. The predicted molar refractivity (Wildman–Crippen MR) is 89.2 cm³/mol. The van der Waals surface area contributed by atoms with Crippen LogP contribution in [-0.4, -0.2) is 23.5 Å². The lowest BCUT2D eigenvalue weighted by atomic mass is 10.1. The number of carbonyl (C=O) groups is 1. The van der Waals surface area contributed by atoms with Crippen LogP contribution in [0.5, 0.6) is 5.75 Å². The van der Waals surface area contributed by atoms with E-state index in [4.69, 9.17) is 5.26 Å². The van der Waals surface area contributed by atoms with Gasteiger partial charge in [0.25, 0.3) is 5.91 Å². The van der Waals surface area contributed by atoms with E-state index < -0.39 is 6.61 Å². The third-order valence-electron chi connectivity index (χ3n) is 3.63. The van der Waals surface area contributed by atoms with E-state index in [1.165, 1.54) is 18.2 Å². The number of carbonyl (C=O) groups excluding carboxylic acids is 1. The van der Waals surface area contributed by atoms with Crippen molar-refractivity contribution in [3.8, 4) is 11.8 Å². The largest absolute Gasteiger partial charge is 0.435 e. The smallest absolute Gasteiger partial charge is 0.387 e. The van der Waals surface area contributed by atoms with Crippen molar-refractivity contribution in [1.29, 1.82) is 5.26 Å². The van der Waals surface area contributed by atoms with Crippen molar-refractivity contribution in [2.24, 2.45) is 0 Å². The predicted octanol–water partition coefficient (Wildman–Crippen LogP) is 4.21. The summed E-state index contributed by atoms with van der Waals surface area (Å²) in [5.41, 5.74) is 1.70. The average Bonchev–Trinajstić information content (AvgIpc) is 2.59. The molecule has 130 valence electrons. The van der Waals surface area contributed by atoms with Crippen LogP contribution >= 0.6 is 0 Å². The minimum atomic E-state index is -2.94. The molecule has 2 rings (SSSR count). The van der Waals surface area contributed by atoms with E-state index in [9.17, 15) is 13.6 Å². The van der Waals surface area contributed by atoms with Crippen LogP contribution in [0.25, 0.3) is 0 Å². The van der Waals surface area contributed by atoms with E-state index in [1.807, 2.05) is 19.9 Å². The van der Waals surface area contributed by atoms with Gasteiger partial charge in [0.15, 0.2) is 0 Å². The number of nitrogens with zero attached hydrogens (tertiary/aromatic N) is 2. The molecular formula is C19H18F2N2O2. The highest BCUT2D eigenvalue weighted by Crippen LogP contribution is 2.19. The molecule has 0 aliphatic heterocycles. The van der Waals surface area contributed by atoms with Crippen molar-refractivity contribution in [1.82, 2.24) is 4.90 Å². The molecule has 0 bridgehead atoms. The molecule has 2 aromatic rings. The van der Waals surface area contributed by atoms with E-state index in [0.29, 0.717) is 12.1 Å². The topological polar surface area (TPSA) is 53.3 Å². The van der Waals surface area contributed by atoms with E-state index in [2.05, 4.69) is 4.74 Å². The Morgan fingerprint density at radius 3 is 2.44 bits per heavy atom. The van der Waals surface area contributed by atoms with Gasteiger partial charge in [0.05, 0.1) is 11.6 Å². The third kappa shape index (κ3) is 5.01. The van der Waals surface area contributed by atoms with Crippen LogP contribution in [0.2, 0.25) is 0 Å². The monoisotopic (exact) mass is 344 g/mol. The van der Waals surface area contributed by atoms with Crippen LogP contribution < -0.4 is 4.74 Å². The summed E-state index contributed by atoms with van der Waals surface area (Å²) in [4.78, 5) is 14.4. The summed E-state index contributed by atoms with van der Waals surface area (Å²) < 4.78 is 29.1. The molecule has 0 aliphatic rings. The number of alkyl halides is 2. The first kappa shape index (κ1) is 18.4. The van der Waals surface area contributed by atoms with Crippen molar-refractivity contribution in [3.63, 3.8) is 0 Å². The third-order valence-corrected chi connectivity index (χ3v) is 3.63. The second-order valence-corrected chi connectivity index (χ2v) is 5.74. The summed E-state index contributed by atoms with van der Waals surface area (Å²) in [5.74, 6) is -0.331. The number of rotatable bonds is 6. The minimum Gasteiger partial charge on any atom is -0.435 e. The van der Waals surface area contributed by atoms with Gasteiger partial charge >= 0.3 is 6.61 Å². The van der Waals surface area contributed by atoms with Gasteiger partial charge in [-0.3, -0.25) is 4.79 Å². The van der Waals surface area contributed by atoms with Crippen molar-refractivity contribution >= 4 is 5.91 Å². The number of ether oxygens (including phenoxy) is 1. The van der Waals surface area contributed by atoms with E-state index >= 15 is 0 Å². The summed E-state index contributed by atoms with van der Waals surface area (Å²) in [6.07, 6.45) is 0. The molecule has 0 aromatic heterocycles. The molecule has 6 heteroatoms. The molecule has 0 fully saturated rings. The zero-order chi connectivity index (χ0) is 18.4. The number of hydrogen-bond acceptors (Lipinski definition) is 3. The van der Waals surface area contributed by atoms with Crippen molar-refractivity contribution < 1.29 is 18.3 Å². The van der Waals surface area contributed by atoms with Crippen LogP contribution in [0.15, 0.2) is 48.5 Å². The average molecular weight is 344 g/mol. The fraction of sp³-hybridized carbons (Fsp3) is 0.263. The van der Waals surface area contributed by atoms with Gasteiger partial charge in [-0.05, 0) is 49.7 Å². The minimum absolute atomic E-state index is 0.0528.